The zero-order valence-corrected chi connectivity index (χ0v) is 6.37. The van der Waals surface area contributed by atoms with E-state index in [0.717, 1.165) is 0 Å². The third-order valence-electron chi connectivity index (χ3n) is 1.72. The summed E-state index contributed by atoms with van der Waals surface area (Å²) >= 11 is 0. The monoisotopic (exact) mass is 154 g/mol. The Bertz CT molecular complexity index is 207. The Morgan fingerprint density at radius 3 is 2.64 bits per heavy atom. The molecular formula is C8H10O3. The SMILES string of the molecule is C=CCC1C(=O)OC(C)C1=O. The molecule has 1 aliphatic rings. The van der Waals surface area contributed by atoms with E-state index in [1.807, 2.05) is 0 Å². The van der Waals surface area contributed by atoms with Gasteiger partial charge < -0.3 is 4.74 Å². The van der Waals surface area contributed by atoms with Gasteiger partial charge in [-0.2, -0.15) is 0 Å². The summed E-state index contributed by atoms with van der Waals surface area (Å²) in [5, 5.41) is 0. The fourth-order valence-electron chi connectivity index (χ4n) is 1.09. The van der Waals surface area contributed by atoms with Gasteiger partial charge in [0.2, 0.25) is 0 Å². The highest BCUT2D eigenvalue weighted by Crippen LogP contribution is 2.19. The van der Waals surface area contributed by atoms with Crippen molar-refractivity contribution < 1.29 is 14.3 Å². The average Bonchev–Trinajstić information content (AvgIpc) is 2.17. The topological polar surface area (TPSA) is 43.4 Å². The maximum Gasteiger partial charge on any atom is 0.317 e. The maximum absolute atomic E-state index is 11.1. The largest absolute Gasteiger partial charge is 0.454 e. The van der Waals surface area contributed by atoms with Gasteiger partial charge in [-0.05, 0) is 13.3 Å². The van der Waals surface area contributed by atoms with E-state index in [9.17, 15) is 9.59 Å². The lowest BCUT2D eigenvalue weighted by molar-refractivity contribution is -0.143. The second-order valence-electron chi connectivity index (χ2n) is 2.56. The highest BCUT2D eigenvalue weighted by atomic mass is 16.6. The van der Waals surface area contributed by atoms with Crippen molar-refractivity contribution in [1.29, 1.82) is 0 Å². The summed E-state index contributed by atoms with van der Waals surface area (Å²) in [6.07, 6.45) is 1.39. The minimum Gasteiger partial charge on any atom is -0.454 e. The highest BCUT2D eigenvalue weighted by Gasteiger charge is 2.39. The molecule has 2 atom stereocenters. The lowest BCUT2D eigenvalue weighted by atomic mass is 10.0. The lowest BCUT2D eigenvalue weighted by Gasteiger charge is -1.96. The first-order chi connectivity index (χ1) is 5.16. The lowest BCUT2D eigenvalue weighted by Crippen LogP contribution is -2.17. The van der Waals surface area contributed by atoms with Crippen LogP contribution in [0.2, 0.25) is 0 Å². The normalized spacial score (nSPS) is 30.3. The standard InChI is InChI=1S/C8H10O3/c1-3-4-6-7(9)5(2)11-8(6)10/h3,5-6H,1,4H2,2H3. The number of hydrogen-bond donors (Lipinski definition) is 0. The molecule has 0 radical (unpaired) electrons. The van der Waals surface area contributed by atoms with Gasteiger partial charge in [-0.1, -0.05) is 6.08 Å². The second-order valence-corrected chi connectivity index (χ2v) is 2.56. The molecule has 2 unspecified atom stereocenters. The number of carbonyl (C=O) groups excluding carboxylic acids is 2. The van der Waals surface area contributed by atoms with E-state index >= 15 is 0 Å². The third-order valence-corrected chi connectivity index (χ3v) is 1.72. The molecule has 1 fully saturated rings. The van der Waals surface area contributed by atoms with Crippen LogP contribution < -0.4 is 0 Å². The molecule has 0 N–H and O–H groups in total. The zero-order chi connectivity index (χ0) is 8.43. The van der Waals surface area contributed by atoms with Crippen molar-refractivity contribution in [2.45, 2.75) is 19.4 Å². The molecule has 0 aromatic rings. The van der Waals surface area contributed by atoms with Crippen molar-refractivity contribution in [3.8, 4) is 0 Å². The van der Waals surface area contributed by atoms with Crippen LogP contribution in [-0.4, -0.2) is 17.9 Å². The van der Waals surface area contributed by atoms with Gasteiger partial charge in [0, 0.05) is 0 Å². The van der Waals surface area contributed by atoms with Crippen LogP contribution in [0.25, 0.3) is 0 Å². The molecule has 1 saturated heterocycles. The Balaban J connectivity index is 2.71. The van der Waals surface area contributed by atoms with Gasteiger partial charge in [-0.25, -0.2) is 0 Å². The summed E-state index contributed by atoms with van der Waals surface area (Å²) in [5.74, 6) is -1.14. The molecule has 3 nitrogen and oxygen atoms in total. The molecule has 0 aliphatic carbocycles. The summed E-state index contributed by atoms with van der Waals surface area (Å²) in [5.41, 5.74) is 0. The van der Waals surface area contributed by atoms with Gasteiger partial charge in [0.05, 0.1) is 0 Å². The first-order valence-electron chi connectivity index (χ1n) is 3.52. The fraction of sp³-hybridized carbons (Fsp3) is 0.500. The van der Waals surface area contributed by atoms with Crippen LogP contribution in [0.4, 0.5) is 0 Å². The summed E-state index contributed by atoms with van der Waals surface area (Å²) in [6, 6.07) is 0. The van der Waals surface area contributed by atoms with Crippen LogP contribution in [0.5, 0.6) is 0 Å². The number of hydrogen-bond acceptors (Lipinski definition) is 3. The van der Waals surface area contributed by atoms with Gasteiger partial charge >= 0.3 is 5.97 Å². The number of carbonyl (C=O) groups is 2. The van der Waals surface area contributed by atoms with Gasteiger partial charge in [-0.15, -0.1) is 6.58 Å². The van der Waals surface area contributed by atoms with E-state index < -0.39 is 18.0 Å². The molecular weight excluding hydrogens is 144 g/mol. The fourth-order valence-corrected chi connectivity index (χ4v) is 1.09. The maximum atomic E-state index is 11.1. The van der Waals surface area contributed by atoms with Crippen molar-refractivity contribution in [2.75, 3.05) is 0 Å². The summed E-state index contributed by atoms with van der Waals surface area (Å²) in [7, 11) is 0. The number of ketones is 1. The molecule has 1 aliphatic heterocycles. The van der Waals surface area contributed by atoms with Gasteiger partial charge in [0.25, 0.3) is 0 Å². The van der Waals surface area contributed by atoms with E-state index in [1.54, 1.807) is 13.0 Å². The van der Waals surface area contributed by atoms with Crippen molar-refractivity contribution in [2.24, 2.45) is 5.92 Å². The number of cyclic esters (lactones) is 1. The van der Waals surface area contributed by atoms with Crippen molar-refractivity contribution in [1.82, 2.24) is 0 Å². The first kappa shape index (κ1) is 7.98. The Hall–Kier alpha value is -1.12. The van der Waals surface area contributed by atoms with Crippen LogP contribution in [0.3, 0.4) is 0 Å². The Kier molecular flexibility index (Phi) is 2.08. The Labute approximate surface area is 65.0 Å². The second kappa shape index (κ2) is 2.86. The summed E-state index contributed by atoms with van der Waals surface area (Å²) in [4.78, 5) is 22.0. The third kappa shape index (κ3) is 1.31. The molecule has 1 heterocycles. The van der Waals surface area contributed by atoms with Crippen LogP contribution in [-0.2, 0) is 14.3 Å². The minimum atomic E-state index is -0.595. The van der Waals surface area contributed by atoms with Crippen LogP contribution in [0.1, 0.15) is 13.3 Å². The van der Waals surface area contributed by atoms with E-state index in [2.05, 4.69) is 6.58 Å². The number of allylic oxidation sites excluding steroid dienone is 1. The van der Waals surface area contributed by atoms with Crippen LogP contribution >= 0.6 is 0 Å². The van der Waals surface area contributed by atoms with E-state index in [1.165, 1.54) is 0 Å². The van der Waals surface area contributed by atoms with E-state index in [0.29, 0.717) is 6.42 Å². The highest BCUT2D eigenvalue weighted by molar-refractivity contribution is 6.06. The molecule has 1 rings (SSSR count). The minimum absolute atomic E-state index is 0.130. The molecule has 0 saturated carbocycles. The zero-order valence-electron chi connectivity index (χ0n) is 6.37. The Morgan fingerprint density at radius 2 is 2.27 bits per heavy atom. The molecule has 11 heavy (non-hydrogen) atoms. The summed E-state index contributed by atoms with van der Waals surface area (Å²) in [6.45, 7) is 5.04. The number of Topliss-reactive ketones (excluding diaryl/α,β-unsaturated/α-hetero) is 1. The van der Waals surface area contributed by atoms with Crippen molar-refractivity contribution in [3.05, 3.63) is 12.7 Å². The van der Waals surface area contributed by atoms with Gasteiger partial charge in [0.15, 0.2) is 11.9 Å². The first-order valence-corrected chi connectivity index (χ1v) is 3.52. The summed E-state index contributed by atoms with van der Waals surface area (Å²) < 4.78 is 4.70. The van der Waals surface area contributed by atoms with Crippen LogP contribution in [0.15, 0.2) is 12.7 Å². The Morgan fingerprint density at radius 1 is 1.64 bits per heavy atom. The smallest absolute Gasteiger partial charge is 0.317 e. The molecule has 0 aromatic heterocycles. The molecule has 3 heteroatoms. The molecule has 60 valence electrons. The number of esters is 1. The van der Waals surface area contributed by atoms with E-state index in [-0.39, 0.29) is 5.78 Å². The predicted molar refractivity (Wildman–Crippen MR) is 38.9 cm³/mol. The van der Waals surface area contributed by atoms with Crippen molar-refractivity contribution in [3.63, 3.8) is 0 Å². The molecule has 0 spiro atoms. The number of rotatable bonds is 2. The van der Waals surface area contributed by atoms with Gasteiger partial charge in [0.1, 0.15) is 5.92 Å². The quantitative estimate of drug-likeness (QED) is 0.334. The predicted octanol–water partition coefficient (Wildman–Crippen LogP) is 0.693. The number of ether oxygens (including phenoxy) is 1. The molecule has 0 bridgehead atoms. The van der Waals surface area contributed by atoms with Gasteiger partial charge in [-0.3, -0.25) is 9.59 Å². The average molecular weight is 154 g/mol. The molecule has 0 aromatic carbocycles. The van der Waals surface area contributed by atoms with Crippen molar-refractivity contribution >= 4 is 11.8 Å². The molecule has 0 amide bonds. The van der Waals surface area contributed by atoms with Crippen LogP contribution in [0, 0.1) is 5.92 Å². The van der Waals surface area contributed by atoms with E-state index in [4.69, 9.17) is 4.74 Å².